The van der Waals surface area contributed by atoms with Gasteiger partial charge in [0.1, 0.15) is 0 Å². The molecule has 2 aromatic rings. The molecule has 0 saturated heterocycles. The minimum Gasteiger partial charge on any atom is -0.356 e. The van der Waals surface area contributed by atoms with Crippen LogP contribution < -0.4 is 10.6 Å². The average molecular weight is 298 g/mol. The molecule has 2 aliphatic carbocycles. The normalized spacial score (nSPS) is 20.1. The molecule has 0 atom stereocenters. The van der Waals surface area contributed by atoms with Gasteiger partial charge < -0.3 is 10.6 Å². The second-order valence-electron chi connectivity index (χ2n) is 6.46. The molecule has 2 aromatic heterocycles. The van der Waals surface area contributed by atoms with E-state index in [9.17, 15) is 0 Å². The van der Waals surface area contributed by atoms with Gasteiger partial charge in [0, 0.05) is 19.8 Å². The second-order valence-corrected chi connectivity index (χ2v) is 6.46. The Hall–Kier alpha value is -2.11. The van der Waals surface area contributed by atoms with E-state index < -0.39 is 0 Å². The van der Waals surface area contributed by atoms with E-state index in [4.69, 9.17) is 0 Å². The lowest BCUT2D eigenvalue weighted by atomic mass is 10.0. The molecule has 0 aromatic carbocycles. The van der Waals surface area contributed by atoms with Gasteiger partial charge in [-0.25, -0.2) is 0 Å². The Bertz CT molecular complexity index is 695. The van der Waals surface area contributed by atoms with Crippen LogP contribution in [0.5, 0.6) is 0 Å². The zero-order valence-corrected chi connectivity index (χ0v) is 12.9. The van der Waals surface area contributed by atoms with Crippen LogP contribution in [0.25, 0.3) is 5.65 Å². The van der Waals surface area contributed by atoms with Crippen LogP contribution in [0.3, 0.4) is 0 Å². The van der Waals surface area contributed by atoms with Crippen LogP contribution in [0.2, 0.25) is 0 Å². The summed E-state index contributed by atoms with van der Waals surface area (Å²) in [6, 6.07) is 5.91. The predicted octanol–water partition coefficient (Wildman–Crippen LogP) is 1.58. The van der Waals surface area contributed by atoms with E-state index in [0.717, 1.165) is 29.9 Å². The van der Waals surface area contributed by atoms with Crippen LogP contribution in [-0.2, 0) is 6.54 Å². The molecule has 0 unspecified atom stereocenters. The van der Waals surface area contributed by atoms with Crippen molar-refractivity contribution >= 4 is 11.6 Å². The molecule has 2 N–H and O–H groups in total. The molecule has 2 fully saturated rings. The van der Waals surface area contributed by atoms with Crippen molar-refractivity contribution in [3.63, 3.8) is 0 Å². The van der Waals surface area contributed by atoms with Gasteiger partial charge in [0.15, 0.2) is 17.4 Å². The molecule has 22 heavy (non-hydrogen) atoms. The average Bonchev–Trinajstić information content (AvgIpc) is 3.45. The molecule has 2 heterocycles. The second kappa shape index (κ2) is 5.26. The highest BCUT2D eigenvalue weighted by Gasteiger charge is 2.53. The lowest BCUT2D eigenvalue weighted by molar-refractivity contribution is 0.431. The van der Waals surface area contributed by atoms with E-state index in [1.807, 2.05) is 35.8 Å². The zero-order valence-electron chi connectivity index (χ0n) is 12.9. The minimum atomic E-state index is 0.569. The Morgan fingerprint density at radius 2 is 2.18 bits per heavy atom. The van der Waals surface area contributed by atoms with Crippen molar-refractivity contribution in [3.8, 4) is 0 Å². The highest BCUT2D eigenvalue weighted by atomic mass is 15.3. The first-order chi connectivity index (χ1) is 10.8. The van der Waals surface area contributed by atoms with Gasteiger partial charge in [0.25, 0.3) is 0 Å². The Balaban J connectivity index is 1.35. The summed E-state index contributed by atoms with van der Waals surface area (Å²) in [7, 11) is 1.81. The first-order valence-corrected chi connectivity index (χ1v) is 8.04. The summed E-state index contributed by atoms with van der Waals surface area (Å²) in [6.45, 7) is 1.65. The summed E-state index contributed by atoms with van der Waals surface area (Å²) >= 11 is 0. The van der Waals surface area contributed by atoms with Gasteiger partial charge in [-0.3, -0.25) is 9.39 Å². The summed E-state index contributed by atoms with van der Waals surface area (Å²) in [6.07, 6.45) is 7.56. The number of guanidine groups is 1. The maximum absolute atomic E-state index is 4.32. The maximum atomic E-state index is 4.32. The Labute approximate surface area is 130 Å². The van der Waals surface area contributed by atoms with Crippen molar-refractivity contribution in [3.05, 3.63) is 30.2 Å². The van der Waals surface area contributed by atoms with E-state index in [2.05, 4.69) is 25.8 Å². The lowest BCUT2D eigenvalue weighted by Gasteiger charge is -2.17. The van der Waals surface area contributed by atoms with E-state index >= 15 is 0 Å². The van der Waals surface area contributed by atoms with Crippen molar-refractivity contribution in [1.29, 1.82) is 0 Å². The molecule has 0 radical (unpaired) electrons. The highest BCUT2D eigenvalue weighted by molar-refractivity contribution is 5.79. The molecular weight excluding hydrogens is 276 g/mol. The Morgan fingerprint density at radius 1 is 1.32 bits per heavy atom. The molecule has 2 saturated carbocycles. The number of hydrogen-bond acceptors (Lipinski definition) is 3. The maximum Gasteiger partial charge on any atom is 0.191 e. The van der Waals surface area contributed by atoms with Gasteiger partial charge in [-0.1, -0.05) is 6.07 Å². The number of fused-ring (bicyclic) bond motifs is 1. The molecule has 0 spiro atoms. The van der Waals surface area contributed by atoms with E-state index in [-0.39, 0.29) is 0 Å². The number of aliphatic imine (C=N–C) groups is 1. The molecule has 6 heteroatoms. The van der Waals surface area contributed by atoms with Gasteiger partial charge in [-0.15, -0.1) is 10.2 Å². The fourth-order valence-corrected chi connectivity index (χ4v) is 3.24. The summed E-state index contributed by atoms with van der Waals surface area (Å²) in [4.78, 5) is 4.32. The number of aromatic nitrogens is 3. The topological polar surface area (TPSA) is 66.6 Å². The lowest BCUT2D eigenvalue weighted by Crippen LogP contribution is -2.40. The van der Waals surface area contributed by atoms with E-state index in [0.29, 0.717) is 12.0 Å². The first-order valence-electron chi connectivity index (χ1n) is 8.04. The largest absolute Gasteiger partial charge is 0.356 e. The molecule has 4 rings (SSSR count). The third-order valence-electron chi connectivity index (χ3n) is 4.97. The van der Waals surface area contributed by atoms with Crippen molar-refractivity contribution in [2.75, 3.05) is 13.6 Å². The molecular formula is C16H22N6. The van der Waals surface area contributed by atoms with Crippen LogP contribution >= 0.6 is 0 Å². The number of nitrogens with one attached hydrogen (secondary N) is 2. The molecule has 0 bridgehead atoms. The van der Waals surface area contributed by atoms with Gasteiger partial charge >= 0.3 is 0 Å². The molecule has 6 nitrogen and oxygen atoms in total. The number of hydrogen-bond donors (Lipinski definition) is 2. The third kappa shape index (κ3) is 2.53. The summed E-state index contributed by atoms with van der Waals surface area (Å²) in [5.74, 6) is 2.69. The van der Waals surface area contributed by atoms with E-state index in [1.54, 1.807) is 0 Å². The number of pyridine rings is 1. The predicted molar refractivity (Wildman–Crippen MR) is 85.6 cm³/mol. The number of rotatable bonds is 5. The summed E-state index contributed by atoms with van der Waals surface area (Å²) in [5.41, 5.74) is 1.44. The minimum absolute atomic E-state index is 0.569. The quantitative estimate of drug-likeness (QED) is 0.650. The Kier molecular flexibility index (Phi) is 3.24. The zero-order chi connectivity index (χ0) is 15.0. The highest BCUT2D eigenvalue weighted by Crippen LogP contribution is 2.60. The molecule has 2 aliphatic rings. The molecule has 116 valence electrons. The molecule has 0 aliphatic heterocycles. The van der Waals surface area contributed by atoms with Crippen molar-refractivity contribution < 1.29 is 0 Å². The first kappa shape index (κ1) is 13.5. The van der Waals surface area contributed by atoms with Crippen LogP contribution in [0, 0.1) is 11.3 Å². The van der Waals surface area contributed by atoms with Gasteiger partial charge in [-0.05, 0) is 49.1 Å². The van der Waals surface area contributed by atoms with E-state index in [1.165, 1.54) is 25.7 Å². The van der Waals surface area contributed by atoms with Crippen LogP contribution in [0.4, 0.5) is 0 Å². The van der Waals surface area contributed by atoms with Crippen LogP contribution in [-0.4, -0.2) is 34.2 Å². The number of nitrogens with zero attached hydrogens (tertiary/aromatic N) is 4. The fraction of sp³-hybridized carbons (Fsp3) is 0.562. The smallest absolute Gasteiger partial charge is 0.191 e. The fourth-order valence-electron chi connectivity index (χ4n) is 3.24. The third-order valence-corrected chi connectivity index (χ3v) is 4.97. The Morgan fingerprint density at radius 3 is 2.91 bits per heavy atom. The van der Waals surface area contributed by atoms with Crippen molar-refractivity contribution in [1.82, 2.24) is 25.2 Å². The van der Waals surface area contributed by atoms with Crippen molar-refractivity contribution in [2.45, 2.75) is 32.2 Å². The van der Waals surface area contributed by atoms with Crippen LogP contribution in [0.15, 0.2) is 29.4 Å². The summed E-state index contributed by atoms with van der Waals surface area (Å²) in [5, 5.41) is 15.2. The van der Waals surface area contributed by atoms with Gasteiger partial charge in [0.05, 0.1) is 6.54 Å². The van der Waals surface area contributed by atoms with Crippen molar-refractivity contribution in [2.24, 2.45) is 16.3 Å². The standard InChI is InChI=1S/C16H22N6/c1-17-15(19-11-16(7-8-16)12-5-6-12)18-10-14-21-20-13-4-2-3-9-22(13)14/h2-4,9,12H,5-8,10-11H2,1H3,(H2,17,18,19). The van der Waals surface area contributed by atoms with Crippen LogP contribution in [0.1, 0.15) is 31.5 Å². The summed E-state index contributed by atoms with van der Waals surface area (Å²) < 4.78 is 1.99. The SMILES string of the molecule is CN=C(NCc1nnc2ccccn12)NCC1(C2CC2)CC1. The molecule has 0 amide bonds. The van der Waals surface area contributed by atoms with Gasteiger partial charge in [0.2, 0.25) is 0 Å². The monoisotopic (exact) mass is 298 g/mol. The van der Waals surface area contributed by atoms with Gasteiger partial charge in [-0.2, -0.15) is 0 Å².